The predicted octanol–water partition coefficient (Wildman–Crippen LogP) is 2.10. The summed E-state index contributed by atoms with van der Waals surface area (Å²) in [6.45, 7) is 7.07. The number of hydrogen-bond donors (Lipinski definition) is 2. The van der Waals surface area contributed by atoms with Crippen molar-refractivity contribution in [3.05, 3.63) is 42.0 Å². The molecule has 4 fully saturated rings. The molecule has 3 saturated heterocycles. The quantitative estimate of drug-likeness (QED) is 0.447. The van der Waals surface area contributed by atoms with Gasteiger partial charge in [0.05, 0.1) is 49.2 Å². The number of piperazine rings is 1. The summed E-state index contributed by atoms with van der Waals surface area (Å²) in [4.78, 5) is 33.6. The molecule has 7 atom stereocenters. The van der Waals surface area contributed by atoms with Gasteiger partial charge in [-0.2, -0.15) is 5.26 Å². The topological polar surface area (TPSA) is 110 Å². The first-order valence-electron chi connectivity index (χ1n) is 15.6. The van der Waals surface area contributed by atoms with Crippen LogP contribution in [0.5, 0.6) is 5.75 Å². The van der Waals surface area contributed by atoms with Gasteiger partial charge in [-0.1, -0.05) is 12.6 Å². The van der Waals surface area contributed by atoms with Gasteiger partial charge in [0.1, 0.15) is 5.75 Å². The van der Waals surface area contributed by atoms with Crippen LogP contribution in [0, 0.1) is 17.2 Å². The summed E-state index contributed by atoms with van der Waals surface area (Å²) in [5, 5.41) is 16.9. The van der Waals surface area contributed by atoms with Crippen molar-refractivity contribution in [1.82, 2.24) is 25.3 Å². The molecule has 10 nitrogen and oxygen atoms in total. The highest BCUT2D eigenvalue weighted by molar-refractivity contribution is 8.00. The molecule has 1 aliphatic carbocycles. The second-order valence-corrected chi connectivity index (χ2v) is 14.0. The maximum Gasteiger partial charge on any atom is 0.246 e. The number of ether oxygens (including phenoxy) is 2. The highest BCUT2D eigenvalue weighted by Crippen LogP contribution is 2.49. The highest BCUT2D eigenvalue weighted by Gasteiger charge is 2.55. The van der Waals surface area contributed by atoms with Gasteiger partial charge >= 0.3 is 0 Å². The summed E-state index contributed by atoms with van der Waals surface area (Å²) >= 11 is 1.78. The van der Waals surface area contributed by atoms with Crippen LogP contribution in [0.15, 0.2) is 30.9 Å². The van der Waals surface area contributed by atoms with E-state index in [1.54, 1.807) is 23.8 Å². The molecule has 4 aliphatic heterocycles. The molecule has 0 aromatic heterocycles. The fourth-order valence-corrected chi connectivity index (χ4v) is 9.30. The first-order valence-corrected chi connectivity index (χ1v) is 16.6. The monoisotopic (exact) mass is 608 g/mol. The molecule has 1 spiro atoms. The fourth-order valence-electron chi connectivity index (χ4n) is 7.82. The van der Waals surface area contributed by atoms with Gasteiger partial charge < -0.3 is 19.3 Å². The number of fused-ring (bicyclic) bond motifs is 2. The van der Waals surface area contributed by atoms with E-state index in [1.165, 1.54) is 23.6 Å². The number of rotatable bonds is 7. The number of carbonyl (C=O) groups excluding carboxylic acids is 2. The Hall–Kier alpha value is -2.46. The SMILES string of the molecule is C=CC(=O)N1CCN(C2NC(OCC3CCCN3C)NC3C(=O)[C@@]4(CCC32)Cc2ccc(OC)cc2CS4)CC1CC#N. The highest BCUT2D eigenvalue weighted by atomic mass is 32.2. The Balaban J connectivity index is 1.24. The van der Waals surface area contributed by atoms with E-state index in [0.29, 0.717) is 32.3 Å². The van der Waals surface area contributed by atoms with E-state index in [-0.39, 0.29) is 42.3 Å². The van der Waals surface area contributed by atoms with E-state index in [2.05, 4.69) is 52.3 Å². The smallest absolute Gasteiger partial charge is 0.246 e. The molecule has 4 heterocycles. The van der Waals surface area contributed by atoms with Crippen LogP contribution in [0.25, 0.3) is 0 Å². The number of hydrogen-bond acceptors (Lipinski definition) is 10. The number of thioether (sulfide) groups is 1. The number of likely N-dealkylation sites (N-methyl/N-ethyl adjacent to an activating group) is 1. The van der Waals surface area contributed by atoms with Crippen molar-refractivity contribution in [2.24, 2.45) is 5.92 Å². The summed E-state index contributed by atoms with van der Waals surface area (Å²) in [5.41, 5.74) is 2.48. The third kappa shape index (κ3) is 5.98. The van der Waals surface area contributed by atoms with E-state index in [0.717, 1.165) is 43.7 Å². The van der Waals surface area contributed by atoms with Crippen LogP contribution in [0.1, 0.15) is 43.2 Å². The Morgan fingerprint density at radius 2 is 2.09 bits per heavy atom. The Kier molecular flexibility index (Phi) is 9.15. The third-order valence-corrected chi connectivity index (χ3v) is 11.9. The first kappa shape index (κ1) is 30.6. The number of nitriles is 1. The largest absolute Gasteiger partial charge is 0.497 e. The Bertz CT molecular complexity index is 1270. The van der Waals surface area contributed by atoms with Gasteiger partial charge in [-0.3, -0.25) is 25.1 Å². The van der Waals surface area contributed by atoms with Gasteiger partial charge in [-0.25, -0.2) is 0 Å². The number of Topliss-reactive ketones (excluding diaryl/α,β-unsaturated/α-hetero) is 1. The Morgan fingerprint density at radius 3 is 2.84 bits per heavy atom. The zero-order valence-corrected chi connectivity index (χ0v) is 26.1. The molecule has 1 aromatic carbocycles. The lowest BCUT2D eigenvalue weighted by molar-refractivity contribution is -0.144. The van der Waals surface area contributed by atoms with E-state index < -0.39 is 11.1 Å². The number of nitrogens with one attached hydrogen (secondary N) is 2. The lowest BCUT2D eigenvalue weighted by Crippen LogP contribution is -2.75. The zero-order valence-electron chi connectivity index (χ0n) is 25.3. The van der Waals surface area contributed by atoms with Gasteiger partial charge in [-0.05, 0) is 75.0 Å². The molecule has 0 radical (unpaired) electrons. The number of methoxy groups -OCH3 is 1. The van der Waals surface area contributed by atoms with Crippen molar-refractivity contribution >= 4 is 23.5 Å². The van der Waals surface area contributed by atoms with Crippen molar-refractivity contribution in [1.29, 1.82) is 5.26 Å². The number of benzene rings is 1. The minimum atomic E-state index is -0.466. The molecule has 43 heavy (non-hydrogen) atoms. The molecule has 0 bridgehead atoms. The molecule has 232 valence electrons. The summed E-state index contributed by atoms with van der Waals surface area (Å²) in [5.74, 6) is 1.82. The van der Waals surface area contributed by atoms with E-state index in [9.17, 15) is 14.9 Å². The standard InChI is InChI=1S/C32H44N6O4S/c1-4-27(39)38-15-14-37(18-23(38)10-12-33)30-26-9-11-32(17-21-7-8-25(41-3)16-22(21)20-43-32)29(40)28(26)34-31(35-30)42-19-24-6-5-13-36(24)2/h4,7-8,16,23-24,26,28,30-31,34-35H,1,5-6,9-11,13-15,17-20H2,2-3H3/t23?,24?,26?,28?,30?,31?,32-/m1/s1. The van der Waals surface area contributed by atoms with Gasteiger partial charge in [0.15, 0.2) is 12.1 Å². The maximum absolute atomic E-state index is 14.6. The van der Waals surface area contributed by atoms with Crippen LogP contribution in [-0.4, -0.2) is 109 Å². The predicted molar refractivity (Wildman–Crippen MR) is 165 cm³/mol. The lowest BCUT2D eigenvalue weighted by atomic mass is 9.71. The molecular formula is C32H44N6O4S. The van der Waals surface area contributed by atoms with E-state index >= 15 is 0 Å². The van der Waals surface area contributed by atoms with E-state index in [4.69, 9.17) is 9.47 Å². The van der Waals surface area contributed by atoms with Crippen molar-refractivity contribution in [2.75, 3.05) is 46.9 Å². The average Bonchev–Trinajstić information content (AvgIpc) is 3.45. The summed E-state index contributed by atoms with van der Waals surface area (Å²) in [6, 6.07) is 8.28. The fraction of sp³-hybridized carbons (Fsp3) is 0.656. The summed E-state index contributed by atoms with van der Waals surface area (Å²) in [7, 11) is 3.83. The van der Waals surface area contributed by atoms with E-state index in [1.807, 2.05) is 6.07 Å². The molecule has 6 rings (SSSR count). The normalized spacial score (nSPS) is 34.8. The van der Waals surface area contributed by atoms with Gasteiger partial charge in [0, 0.05) is 37.3 Å². The molecule has 11 heteroatoms. The second kappa shape index (κ2) is 12.9. The molecule has 1 aromatic rings. The number of carbonyl (C=O) groups is 2. The van der Waals surface area contributed by atoms with Crippen molar-refractivity contribution in [3.8, 4) is 11.8 Å². The third-order valence-electron chi connectivity index (χ3n) is 10.3. The van der Waals surface area contributed by atoms with Crippen LogP contribution in [0.3, 0.4) is 0 Å². The number of ketones is 1. The summed E-state index contributed by atoms with van der Waals surface area (Å²) < 4.78 is 11.5. The molecule has 1 saturated carbocycles. The summed E-state index contributed by atoms with van der Waals surface area (Å²) in [6.07, 6.45) is 5.73. The maximum atomic E-state index is 14.6. The van der Waals surface area contributed by atoms with Crippen LogP contribution < -0.4 is 15.4 Å². The van der Waals surface area contributed by atoms with Gasteiger partial charge in [0.25, 0.3) is 0 Å². The Morgan fingerprint density at radius 1 is 1.23 bits per heavy atom. The number of nitrogens with zero attached hydrogens (tertiary/aromatic N) is 4. The van der Waals surface area contributed by atoms with Crippen LogP contribution in [-0.2, 0) is 26.5 Å². The molecule has 1 amide bonds. The van der Waals surface area contributed by atoms with Crippen LogP contribution >= 0.6 is 11.8 Å². The van der Waals surface area contributed by atoms with Crippen molar-refractivity contribution in [2.45, 2.75) is 79.7 Å². The molecule has 2 N–H and O–H groups in total. The molecule has 6 unspecified atom stereocenters. The van der Waals surface area contributed by atoms with Crippen LogP contribution in [0.4, 0.5) is 0 Å². The number of amides is 1. The lowest BCUT2D eigenvalue weighted by Gasteiger charge is -2.55. The van der Waals surface area contributed by atoms with Crippen LogP contribution in [0.2, 0.25) is 0 Å². The number of likely N-dealkylation sites (tertiary alicyclic amines) is 1. The van der Waals surface area contributed by atoms with Gasteiger partial charge in [0.2, 0.25) is 5.91 Å². The Labute approximate surface area is 259 Å². The first-order chi connectivity index (χ1) is 20.9. The minimum absolute atomic E-state index is 0.0504. The zero-order chi connectivity index (χ0) is 30.1. The van der Waals surface area contributed by atoms with Crippen molar-refractivity contribution in [3.63, 3.8) is 0 Å². The second-order valence-electron chi connectivity index (χ2n) is 12.7. The van der Waals surface area contributed by atoms with Crippen molar-refractivity contribution < 1.29 is 19.1 Å². The van der Waals surface area contributed by atoms with Gasteiger partial charge in [-0.15, -0.1) is 11.8 Å². The minimum Gasteiger partial charge on any atom is -0.497 e. The molecular weight excluding hydrogens is 564 g/mol. The average molecular weight is 609 g/mol. The molecule has 5 aliphatic rings.